The second-order valence-electron chi connectivity index (χ2n) is 28.4. The predicted octanol–water partition coefficient (Wildman–Crippen LogP) is 11.4. The molecule has 0 spiro atoms. The highest BCUT2D eigenvalue weighted by molar-refractivity contribution is 7.47. The van der Waals surface area contributed by atoms with Crippen LogP contribution in [0.5, 0.6) is 0 Å². The monoisotopic (exact) mass is 1440 g/mol. The lowest BCUT2D eigenvalue weighted by atomic mass is 9.84. The number of hydrogen-bond donors (Lipinski definition) is 11. The van der Waals surface area contributed by atoms with Crippen LogP contribution >= 0.6 is 7.82 Å². The number of hydrogen-bond acceptors (Lipinski definition) is 23. The molecule has 18 atom stereocenters. The first-order valence-electron chi connectivity index (χ1n) is 39.3. The Kier molecular flexibility index (Phi) is 51.9. The molecule has 1 saturated carbocycles. The van der Waals surface area contributed by atoms with Crippen molar-refractivity contribution in [3.8, 4) is 0 Å². The Hall–Kier alpha value is -2.04. The summed E-state index contributed by atoms with van der Waals surface area (Å²) in [7, 11) is -5.69. The van der Waals surface area contributed by atoms with Crippen LogP contribution in [0.15, 0.2) is 0 Å². The molecular formula is C74H139O24P. The van der Waals surface area contributed by atoms with Crippen LogP contribution in [0.25, 0.3) is 0 Å². The summed E-state index contributed by atoms with van der Waals surface area (Å²) in [6.07, 6.45) is 14.4. The summed E-state index contributed by atoms with van der Waals surface area (Å²) in [6.45, 7) is 3.48. The van der Waals surface area contributed by atoms with E-state index in [-0.39, 0.29) is 19.3 Å². The smallest absolute Gasteiger partial charge is 0.463 e. The van der Waals surface area contributed by atoms with E-state index in [0.717, 1.165) is 89.9 Å². The molecule has 99 heavy (non-hydrogen) atoms. The summed E-state index contributed by atoms with van der Waals surface area (Å²) >= 11 is 0. The molecule has 0 aromatic carbocycles. The van der Waals surface area contributed by atoms with E-state index in [1.54, 1.807) is 0 Å². The van der Waals surface area contributed by atoms with Crippen LogP contribution in [-0.2, 0) is 61.2 Å². The maximum atomic E-state index is 14.4. The van der Waals surface area contributed by atoms with Crippen molar-refractivity contribution >= 4 is 25.7 Å². The summed E-state index contributed by atoms with van der Waals surface area (Å²) in [6, 6.07) is 0. The summed E-state index contributed by atoms with van der Waals surface area (Å²) in [4.78, 5) is 51.1. The number of unbranched alkanes of at least 4 members (excludes halogenated alkanes) is 41. The predicted molar refractivity (Wildman–Crippen MR) is 375 cm³/mol. The topological polar surface area (TPSA) is 374 Å². The minimum absolute atomic E-state index is 0.0325. The summed E-state index contributed by atoms with van der Waals surface area (Å²) in [5, 5.41) is 110. The highest BCUT2D eigenvalue weighted by Crippen LogP contribution is 2.49. The SMILES string of the molecule is CCCCCCCCCCCCCCCCCCCC(=O)OC(COC(=O)CCCCCCCCCCCCCCCCCC)COP(=O)(O)OC1C(OC2OC(CO)C(O)C(O)C2O)C(O)C(O)C(O)C1OC1OC(COC(=O)CCCCCCCCCCCCC)C(O)C(O)C1O. The number of aliphatic hydroxyl groups is 10. The van der Waals surface area contributed by atoms with Gasteiger partial charge in [-0.05, 0) is 19.3 Å². The average Bonchev–Trinajstić information content (AvgIpc) is 0.763. The van der Waals surface area contributed by atoms with E-state index in [9.17, 15) is 74.9 Å². The van der Waals surface area contributed by atoms with Gasteiger partial charge in [0.2, 0.25) is 0 Å². The first kappa shape index (κ1) is 91.2. The number of carbonyl (C=O) groups is 3. The van der Waals surface area contributed by atoms with Gasteiger partial charge in [-0.25, -0.2) is 4.57 Å². The molecule has 0 radical (unpaired) electrons. The molecule has 3 fully saturated rings. The Morgan fingerprint density at radius 2 is 0.646 bits per heavy atom. The van der Waals surface area contributed by atoms with Gasteiger partial charge in [0.1, 0.15) is 98.7 Å². The summed E-state index contributed by atoms with van der Waals surface area (Å²) in [5.74, 6) is -1.97. The van der Waals surface area contributed by atoms with Crippen molar-refractivity contribution in [2.45, 2.75) is 427 Å². The lowest BCUT2D eigenvalue weighted by Crippen LogP contribution is -2.69. The number of phosphoric acid groups is 1. The van der Waals surface area contributed by atoms with Crippen molar-refractivity contribution in [3.05, 3.63) is 0 Å². The van der Waals surface area contributed by atoms with Gasteiger partial charge in [-0.15, -0.1) is 0 Å². The lowest BCUT2D eigenvalue weighted by molar-refractivity contribution is -0.360. The van der Waals surface area contributed by atoms with Crippen LogP contribution in [-0.4, -0.2) is 204 Å². The van der Waals surface area contributed by atoms with Crippen LogP contribution in [0.2, 0.25) is 0 Å². The number of phosphoric ester groups is 1. The summed E-state index contributed by atoms with van der Waals surface area (Å²) in [5.41, 5.74) is 0. The number of rotatable bonds is 62. The molecule has 0 amide bonds. The molecule has 3 aliphatic rings. The third-order valence-electron chi connectivity index (χ3n) is 19.6. The Bertz CT molecular complexity index is 2050. The zero-order valence-corrected chi connectivity index (χ0v) is 61.9. The fourth-order valence-corrected chi connectivity index (χ4v) is 14.2. The van der Waals surface area contributed by atoms with Crippen molar-refractivity contribution in [2.75, 3.05) is 26.4 Å². The van der Waals surface area contributed by atoms with Crippen molar-refractivity contribution in [3.63, 3.8) is 0 Å². The zero-order chi connectivity index (χ0) is 72.5. The Morgan fingerprint density at radius 1 is 0.354 bits per heavy atom. The normalized spacial score (nSPS) is 27.4. The molecule has 11 N–H and O–H groups in total. The third-order valence-corrected chi connectivity index (χ3v) is 20.6. The molecule has 0 aromatic rings. The van der Waals surface area contributed by atoms with Crippen molar-refractivity contribution < 1.29 is 117 Å². The standard InChI is InChI=1S/C74H139O24P/c1-4-7-10-13-16-19-22-24-26-28-30-32-35-38-41-44-47-50-60(78)93-55(52-90-58(76)48-45-42-39-37-34-31-29-27-25-23-20-17-14-11-8-5-2)53-92-99(88,89)98-72-70(96-73-68(86)63(81)61(79)56(51-75)94-73)66(84)65(83)67(85)71(72)97-74-69(87)64(82)62(80)57(95-74)54-91-59(77)49-46-43-40-36-33-21-18-15-12-9-6-3/h55-57,61-75,79-87H,4-54H2,1-3H3,(H,88,89). The first-order valence-corrected chi connectivity index (χ1v) is 40.8. The van der Waals surface area contributed by atoms with Crippen molar-refractivity contribution in [2.24, 2.45) is 0 Å². The van der Waals surface area contributed by atoms with E-state index in [4.69, 9.17) is 42.2 Å². The van der Waals surface area contributed by atoms with Gasteiger partial charge in [0.15, 0.2) is 18.7 Å². The van der Waals surface area contributed by atoms with Gasteiger partial charge in [-0.1, -0.05) is 284 Å². The van der Waals surface area contributed by atoms with E-state index < -0.39 is 156 Å². The highest BCUT2D eigenvalue weighted by atomic mass is 31.2. The molecule has 25 heteroatoms. The van der Waals surface area contributed by atoms with Crippen LogP contribution < -0.4 is 0 Å². The molecule has 3 rings (SSSR count). The molecule has 2 heterocycles. The molecule has 1 aliphatic carbocycles. The number of aliphatic hydroxyl groups excluding tert-OH is 10. The fraction of sp³-hybridized carbons (Fsp3) is 0.959. The van der Waals surface area contributed by atoms with Crippen LogP contribution in [0.3, 0.4) is 0 Å². The van der Waals surface area contributed by atoms with E-state index in [2.05, 4.69) is 20.8 Å². The molecule has 2 saturated heterocycles. The van der Waals surface area contributed by atoms with Crippen molar-refractivity contribution in [1.29, 1.82) is 0 Å². The van der Waals surface area contributed by atoms with Gasteiger partial charge in [0.25, 0.3) is 0 Å². The Morgan fingerprint density at radius 3 is 0.990 bits per heavy atom. The van der Waals surface area contributed by atoms with Crippen LogP contribution in [0.4, 0.5) is 0 Å². The second kappa shape index (κ2) is 56.3. The first-order chi connectivity index (χ1) is 47.8. The third kappa shape index (κ3) is 39.2. The van der Waals surface area contributed by atoms with Gasteiger partial charge in [-0.2, -0.15) is 0 Å². The van der Waals surface area contributed by atoms with Gasteiger partial charge in [-0.3, -0.25) is 23.4 Å². The van der Waals surface area contributed by atoms with Gasteiger partial charge < -0.3 is 89.1 Å². The lowest BCUT2D eigenvalue weighted by Gasteiger charge is -2.49. The number of esters is 3. The maximum absolute atomic E-state index is 14.4. The van der Waals surface area contributed by atoms with Crippen molar-refractivity contribution in [1.82, 2.24) is 0 Å². The van der Waals surface area contributed by atoms with E-state index >= 15 is 0 Å². The zero-order valence-electron chi connectivity index (χ0n) is 61.1. The average molecular weight is 1440 g/mol. The van der Waals surface area contributed by atoms with E-state index in [1.165, 1.54) is 173 Å². The molecule has 18 unspecified atom stereocenters. The maximum Gasteiger partial charge on any atom is 0.472 e. The van der Waals surface area contributed by atoms with E-state index in [1.807, 2.05) is 0 Å². The molecule has 2 aliphatic heterocycles. The molecule has 0 bridgehead atoms. The number of carbonyl (C=O) groups excluding carboxylic acids is 3. The quantitative estimate of drug-likeness (QED) is 0.0117. The highest BCUT2D eigenvalue weighted by Gasteiger charge is 2.58. The molecule has 584 valence electrons. The molecule has 24 nitrogen and oxygen atoms in total. The Balaban J connectivity index is 1.72. The second-order valence-corrected chi connectivity index (χ2v) is 29.8. The van der Waals surface area contributed by atoms with Gasteiger partial charge >= 0.3 is 25.7 Å². The molecular weight excluding hydrogens is 1300 g/mol. The fourth-order valence-electron chi connectivity index (χ4n) is 13.2. The van der Waals surface area contributed by atoms with E-state index in [0.29, 0.717) is 19.3 Å². The van der Waals surface area contributed by atoms with Crippen LogP contribution in [0.1, 0.15) is 323 Å². The minimum atomic E-state index is -5.69. The number of ether oxygens (including phenoxy) is 7. The van der Waals surface area contributed by atoms with Gasteiger partial charge in [0, 0.05) is 19.3 Å². The molecule has 0 aromatic heterocycles. The minimum Gasteiger partial charge on any atom is -0.463 e. The summed E-state index contributed by atoms with van der Waals surface area (Å²) < 4.78 is 65.1. The Labute approximate surface area is 593 Å². The largest absolute Gasteiger partial charge is 0.472 e. The van der Waals surface area contributed by atoms with Gasteiger partial charge in [0.05, 0.1) is 13.2 Å². The van der Waals surface area contributed by atoms with Crippen LogP contribution in [0, 0.1) is 0 Å².